The number of aliphatic imine (C=N–C) groups is 1. The van der Waals surface area contributed by atoms with Gasteiger partial charge in [0.2, 0.25) is 5.88 Å². The number of ether oxygens (including phenoxy) is 2. The lowest BCUT2D eigenvalue weighted by atomic mass is 10.1. The number of halogens is 1. The highest BCUT2D eigenvalue weighted by atomic mass is 127. The number of hydrogen-bond acceptors (Lipinski definition) is 4. The average molecular weight is 512 g/mol. The van der Waals surface area contributed by atoms with E-state index in [1.807, 2.05) is 42.5 Å². The third kappa shape index (κ3) is 10.5. The van der Waals surface area contributed by atoms with Crippen LogP contribution in [0.4, 0.5) is 0 Å². The topological polar surface area (TPSA) is 67.8 Å². The molecule has 0 radical (unpaired) electrons. The van der Waals surface area contributed by atoms with E-state index >= 15 is 0 Å². The van der Waals surface area contributed by atoms with Crippen LogP contribution in [0.1, 0.15) is 31.4 Å². The van der Waals surface area contributed by atoms with Crippen molar-refractivity contribution in [1.29, 1.82) is 0 Å². The number of nitrogens with one attached hydrogen (secondary N) is 2. The molecule has 7 heteroatoms. The number of nitrogens with zero attached hydrogens (tertiary/aromatic N) is 2. The number of pyridine rings is 1. The SMILES string of the molecule is CN=C(NCCOCCC(C)C)NCc1cccnc1OCc1ccccc1.I. The van der Waals surface area contributed by atoms with Crippen molar-refractivity contribution in [3.63, 3.8) is 0 Å². The number of aromatic nitrogens is 1. The predicted molar refractivity (Wildman–Crippen MR) is 129 cm³/mol. The van der Waals surface area contributed by atoms with Crippen molar-refractivity contribution < 1.29 is 9.47 Å². The minimum atomic E-state index is 0. The lowest BCUT2D eigenvalue weighted by molar-refractivity contribution is 0.128. The van der Waals surface area contributed by atoms with Crippen LogP contribution in [0, 0.1) is 5.92 Å². The highest BCUT2D eigenvalue weighted by Crippen LogP contribution is 2.15. The van der Waals surface area contributed by atoms with Crippen molar-refractivity contribution in [2.75, 3.05) is 26.8 Å². The standard InChI is InChI=1S/C22H32N4O2.HI/c1-18(2)11-14-27-15-13-25-22(23-3)26-16-20-10-7-12-24-21(20)28-17-19-8-5-4-6-9-19;/h4-10,12,18H,11,13-17H2,1-3H3,(H2,23,25,26);1H. The van der Waals surface area contributed by atoms with Gasteiger partial charge in [-0.15, -0.1) is 24.0 Å². The first kappa shape index (κ1) is 25.2. The second-order valence-corrected chi connectivity index (χ2v) is 6.89. The molecule has 2 N–H and O–H groups in total. The summed E-state index contributed by atoms with van der Waals surface area (Å²) in [6.07, 6.45) is 2.82. The van der Waals surface area contributed by atoms with Crippen LogP contribution in [0.15, 0.2) is 53.7 Å². The molecule has 0 unspecified atom stereocenters. The number of guanidine groups is 1. The summed E-state index contributed by atoms with van der Waals surface area (Å²) in [5, 5.41) is 6.55. The molecule has 1 aromatic carbocycles. The Morgan fingerprint density at radius 3 is 2.59 bits per heavy atom. The highest BCUT2D eigenvalue weighted by Gasteiger charge is 2.06. The first-order valence-corrected chi connectivity index (χ1v) is 9.82. The molecule has 1 heterocycles. The first-order valence-electron chi connectivity index (χ1n) is 9.82. The lowest BCUT2D eigenvalue weighted by Crippen LogP contribution is -2.38. The second kappa shape index (κ2) is 15.0. The van der Waals surface area contributed by atoms with Gasteiger partial charge in [0.15, 0.2) is 5.96 Å². The van der Waals surface area contributed by atoms with E-state index < -0.39 is 0 Å². The fraction of sp³-hybridized carbons (Fsp3) is 0.455. The zero-order chi connectivity index (χ0) is 20.0. The molecule has 1 aromatic heterocycles. The van der Waals surface area contributed by atoms with Crippen molar-refractivity contribution in [1.82, 2.24) is 15.6 Å². The summed E-state index contributed by atoms with van der Waals surface area (Å²) in [6.45, 7) is 7.63. The fourth-order valence-electron chi connectivity index (χ4n) is 2.48. The van der Waals surface area contributed by atoms with Gasteiger partial charge in [-0.1, -0.05) is 50.2 Å². The molecule has 160 valence electrons. The summed E-state index contributed by atoms with van der Waals surface area (Å²) in [5.41, 5.74) is 2.09. The Morgan fingerprint density at radius 1 is 1.07 bits per heavy atom. The summed E-state index contributed by atoms with van der Waals surface area (Å²) in [5.74, 6) is 2.02. The van der Waals surface area contributed by atoms with Crippen LogP contribution in [0.2, 0.25) is 0 Å². The Kier molecular flexibility index (Phi) is 13.0. The van der Waals surface area contributed by atoms with E-state index in [4.69, 9.17) is 9.47 Å². The Labute approximate surface area is 191 Å². The van der Waals surface area contributed by atoms with Gasteiger partial charge in [0.1, 0.15) is 6.61 Å². The van der Waals surface area contributed by atoms with E-state index in [2.05, 4.69) is 34.5 Å². The quantitative estimate of drug-likeness (QED) is 0.206. The minimum absolute atomic E-state index is 0. The molecule has 29 heavy (non-hydrogen) atoms. The van der Waals surface area contributed by atoms with Gasteiger partial charge in [-0.05, 0) is 24.0 Å². The third-order valence-corrected chi connectivity index (χ3v) is 4.12. The van der Waals surface area contributed by atoms with Gasteiger partial charge in [-0.3, -0.25) is 4.99 Å². The van der Waals surface area contributed by atoms with Gasteiger partial charge in [0, 0.05) is 38.5 Å². The number of hydrogen-bond donors (Lipinski definition) is 2. The summed E-state index contributed by atoms with van der Waals surface area (Å²) < 4.78 is 11.5. The Morgan fingerprint density at radius 2 is 1.86 bits per heavy atom. The number of rotatable bonds is 11. The maximum absolute atomic E-state index is 5.90. The molecule has 0 amide bonds. The fourth-order valence-corrected chi connectivity index (χ4v) is 2.48. The molecular formula is C22H33IN4O2. The summed E-state index contributed by atoms with van der Waals surface area (Å²) in [6, 6.07) is 14.0. The van der Waals surface area contributed by atoms with Crippen LogP contribution in [-0.2, 0) is 17.9 Å². The number of benzene rings is 1. The first-order chi connectivity index (χ1) is 13.7. The van der Waals surface area contributed by atoms with E-state index in [0.29, 0.717) is 38.1 Å². The van der Waals surface area contributed by atoms with E-state index in [1.165, 1.54) is 0 Å². The maximum Gasteiger partial charge on any atom is 0.218 e. The van der Waals surface area contributed by atoms with Crippen molar-refractivity contribution in [3.8, 4) is 5.88 Å². The second-order valence-electron chi connectivity index (χ2n) is 6.89. The highest BCUT2D eigenvalue weighted by molar-refractivity contribution is 14.0. The molecule has 0 spiro atoms. The average Bonchev–Trinajstić information content (AvgIpc) is 2.72. The van der Waals surface area contributed by atoms with Crippen molar-refractivity contribution in [2.45, 2.75) is 33.4 Å². The molecule has 2 rings (SSSR count). The van der Waals surface area contributed by atoms with Gasteiger partial charge in [0.25, 0.3) is 0 Å². The van der Waals surface area contributed by atoms with E-state index in [9.17, 15) is 0 Å². The summed E-state index contributed by atoms with van der Waals surface area (Å²) >= 11 is 0. The van der Waals surface area contributed by atoms with Crippen LogP contribution < -0.4 is 15.4 Å². The molecule has 0 atom stereocenters. The van der Waals surface area contributed by atoms with Gasteiger partial charge >= 0.3 is 0 Å². The molecule has 0 saturated carbocycles. The van der Waals surface area contributed by atoms with Crippen molar-refractivity contribution in [3.05, 3.63) is 59.8 Å². The maximum atomic E-state index is 5.90. The van der Waals surface area contributed by atoms with Crippen LogP contribution in [0.3, 0.4) is 0 Å². The van der Waals surface area contributed by atoms with E-state index in [0.717, 1.165) is 30.1 Å². The van der Waals surface area contributed by atoms with Gasteiger partial charge in [-0.2, -0.15) is 0 Å². The zero-order valence-corrected chi connectivity index (χ0v) is 19.9. The molecule has 0 aliphatic rings. The summed E-state index contributed by atoms with van der Waals surface area (Å²) in [7, 11) is 1.75. The third-order valence-electron chi connectivity index (χ3n) is 4.12. The predicted octanol–water partition coefficient (Wildman–Crippen LogP) is 4.01. The van der Waals surface area contributed by atoms with Crippen LogP contribution >= 0.6 is 24.0 Å². The molecule has 2 aromatic rings. The molecule has 0 aliphatic carbocycles. The Balaban J connectivity index is 0.00000420. The van der Waals surface area contributed by atoms with Crippen molar-refractivity contribution >= 4 is 29.9 Å². The Hall–Kier alpha value is -1.87. The lowest BCUT2D eigenvalue weighted by Gasteiger charge is -2.14. The molecule has 0 saturated heterocycles. The van der Waals surface area contributed by atoms with E-state index in [-0.39, 0.29) is 24.0 Å². The molecule has 6 nitrogen and oxygen atoms in total. The molecule has 0 bridgehead atoms. The normalized spacial score (nSPS) is 11.1. The van der Waals surface area contributed by atoms with Crippen molar-refractivity contribution in [2.24, 2.45) is 10.9 Å². The minimum Gasteiger partial charge on any atom is -0.473 e. The van der Waals surface area contributed by atoms with Gasteiger partial charge < -0.3 is 20.1 Å². The van der Waals surface area contributed by atoms with Crippen LogP contribution in [0.5, 0.6) is 5.88 Å². The van der Waals surface area contributed by atoms with Gasteiger partial charge in [0.05, 0.1) is 6.61 Å². The molecule has 0 fully saturated rings. The van der Waals surface area contributed by atoms with Crippen LogP contribution in [0.25, 0.3) is 0 Å². The van der Waals surface area contributed by atoms with E-state index in [1.54, 1.807) is 13.2 Å². The largest absolute Gasteiger partial charge is 0.473 e. The monoisotopic (exact) mass is 512 g/mol. The molecule has 0 aliphatic heterocycles. The summed E-state index contributed by atoms with van der Waals surface area (Å²) in [4.78, 5) is 8.62. The molecular weight excluding hydrogens is 479 g/mol. The zero-order valence-electron chi connectivity index (χ0n) is 17.6. The Bertz CT molecular complexity index is 711. The smallest absolute Gasteiger partial charge is 0.218 e. The van der Waals surface area contributed by atoms with Crippen LogP contribution in [-0.4, -0.2) is 37.7 Å². The van der Waals surface area contributed by atoms with Gasteiger partial charge in [-0.25, -0.2) is 4.98 Å².